The van der Waals surface area contributed by atoms with Crippen molar-refractivity contribution in [3.8, 4) is 11.1 Å². The van der Waals surface area contributed by atoms with Gasteiger partial charge in [0, 0.05) is 6.54 Å². The van der Waals surface area contributed by atoms with Crippen LogP contribution in [0, 0.1) is 5.92 Å². The Morgan fingerprint density at radius 1 is 1.12 bits per heavy atom. The van der Waals surface area contributed by atoms with Gasteiger partial charge in [-0.15, -0.1) is 0 Å². The van der Waals surface area contributed by atoms with Crippen LogP contribution in [0.25, 0.3) is 11.1 Å². The summed E-state index contributed by atoms with van der Waals surface area (Å²) in [4.78, 5) is 38.4. The summed E-state index contributed by atoms with van der Waals surface area (Å²) in [5.74, 6) is -1.60. The van der Waals surface area contributed by atoms with E-state index in [9.17, 15) is 19.5 Å². The SMILES string of the molecule is CC(C)[C@H](NC(=O)OCc1cccc2c1Cc1ccccc1-2)C(=O)N1CCC[C@H]1C(=O)O. The highest BCUT2D eigenvalue weighted by atomic mass is 16.5. The average Bonchev–Trinajstić information content (AvgIpc) is 3.40. The Bertz CT molecular complexity index is 1050. The number of aliphatic carboxylic acids is 1. The van der Waals surface area contributed by atoms with Gasteiger partial charge in [0.1, 0.15) is 18.7 Å². The second-order valence-corrected chi connectivity index (χ2v) is 8.75. The molecule has 1 fully saturated rings. The number of likely N-dealkylation sites (tertiary alicyclic amines) is 1. The average molecular weight is 437 g/mol. The molecule has 0 aromatic heterocycles. The highest BCUT2D eigenvalue weighted by Crippen LogP contribution is 2.38. The van der Waals surface area contributed by atoms with Gasteiger partial charge >= 0.3 is 12.1 Å². The molecular weight excluding hydrogens is 408 g/mol. The number of ether oxygens (including phenoxy) is 1. The Hall–Kier alpha value is -3.35. The Kier molecular flexibility index (Phi) is 6.17. The number of hydrogen-bond donors (Lipinski definition) is 2. The largest absolute Gasteiger partial charge is 0.480 e. The minimum absolute atomic E-state index is 0.101. The van der Waals surface area contributed by atoms with Crippen LogP contribution in [0.1, 0.15) is 43.4 Å². The molecule has 32 heavy (non-hydrogen) atoms. The zero-order chi connectivity index (χ0) is 22.8. The number of fused-ring (bicyclic) bond motifs is 3. The summed E-state index contributed by atoms with van der Waals surface area (Å²) in [6.45, 7) is 4.11. The number of hydrogen-bond acceptors (Lipinski definition) is 4. The molecule has 2 aliphatic rings. The van der Waals surface area contributed by atoms with Crippen LogP contribution in [-0.2, 0) is 27.4 Å². The maximum atomic E-state index is 13.0. The normalized spacial score (nSPS) is 17.6. The van der Waals surface area contributed by atoms with Gasteiger partial charge in [0.05, 0.1) is 0 Å². The van der Waals surface area contributed by atoms with E-state index in [4.69, 9.17) is 4.74 Å². The van der Waals surface area contributed by atoms with Gasteiger partial charge < -0.3 is 20.1 Å². The number of carbonyl (C=O) groups is 3. The molecule has 0 unspecified atom stereocenters. The third kappa shape index (κ3) is 4.20. The van der Waals surface area contributed by atoms with Crippen LogP contribution in [0.2, 0.25) is 0 Å². The molecule has 4 rings (SSSR count). The Labute approximate surface area is 187 Å². The molecule has 0 bridgehead atoms. The molecule has 0 radical (unpaired) electrons. The fourth-order valence-electron chi connectivity index (χ4n) is 4.65. The number of alkyl carbamates (subject to hydrolysis) is 1. The number of nitrogens with one attached hydrogen (secondary N) is 1. The lowest BCUT2D eigenvalue weighted by molar-refractivity contribution is -0.149. The second-order valence-electron chi connectivity index (χ2n) is 8.75. The number of benzene rings is 2. The minimum Gasteiger partial charge on any atom is -0.480 e. The predicted octanol–water partition coefficient (Wildman–Crippen LogP) is 3.58. The van der Waals surface area contributed by atoms with Crippen LogP contribution in [-0.4, -0.2) is 46.6 Å². The van der Waals surface area contributed by atoms with Crippen molar-refractivity contribution in [1.82, 2.24) is 10.2 Å². The lowest BCUT2D eigenvalue weighted by atomic mass is 10.0. The number of nitrogens with zero attached hydrogens (tertiary/aromatic N) is 1. The van der Waals surface area contributed by atoms with E-state index in [-0.39, 0.29) is 18.4 Å². The third-order valence-corrected chi connectivity index (χ3v) is 6.33. The molecule has 2 aromatic carbocycles. The van der Waals surface area contributed by atoms with Gasteiger partial charge in [-0.05, 0) is 53.0 Å². The molecule has 7 nitrogen and oxygen atoms in total. The van der Waals surface area contributed by atoms with Crippen LogP contribution >= 0.6 is 0 Å². The van der Waals surface area contributed by atoms with Crippen molar-refractivity contribution in [3.05, 3.63) is 59.2 Å². The second kappa shape index (κ2) is 9.02. The molecular formula is C25H28N2O5. The van der Waals surface area contributed by atoms with E-state index in [0.29, 0.717) is 19.4 Å². The fraction of sp³-hybridized carbons (Fsp3) is 0.400. The number of carbonyl (C=O) groups excluding carboxylic acids is 2. The van der Waals surface area contributed by atoms with Crippen molar-refractivity contribution in [2.24, 2.45) is 5.92 Å². The molecule has 2 aromatic rings. The molecule has 0 spiro atoms. The standard InChI is InChI=1S/C25H28N2O5/c1-15(2)22(23(28)27-12-6-11-21(27)24(29)30)26-25(31)32-14-17-8-5-10-19-18-9-4-3-7-16(18)13-20(17)19/h3-5,7-10,15,21-22H,6,11-14H2,1-2H3,(H,26,31)(H,29,30)/t21-,22-/m0/s1. The van der Waals surface area contributed by atoms with Crippen molar-refractivity contribution < 1.29 is 24.2 Å². The maximum absolute atomic E-state index is 13.0. The van der Waals surface area contributed by atoms with Gasteiger partial charge in [-0.2, -0.15) is 0 Å². The third-order valence-electron chi connectivity index (χ3n) is 6.33. The van der Waals surface area contributed by atoms with E-state index in [0.717, 1.165) is 23.1 Å². The first kappa shape index (κ1) is 21.9. The first-order valence-electron chi connectivity index (χ1n) is 11.0. The number of carboxylic acid groups (broad SMARTS) is 1. The van der Waals surface area contributed by atoms with Crippen molar-refractivity contribution >= 4 is 18.0 Å². The molecule has 1 aliphatic heterocycles. The zero-order valence-corrected chi connectivity index (χ0v) is 18.3. The van der Waals surface area contributed by atoms with E-state index in [2.05, 4.69) is 23.5 Å². The van der Waals surface area contributed by atoms with Crippen molar-refractivity contribution in [2.75, 3.05) is 6.54 Å². The van der Waals surface area contributed by atoms with Gasteiger partial charge in [0.15, 0.2) is 0 Å². The molecule has 2 amide bonds. The van der Waals surface area contributed by atoms with E-state index in [1.54, 1.807) is 0 Å². The van der Waals surface area contributed by atoms with Crippen LogP contribution in [0.4, 0.5) is 4.79 Å². The van der Waals surface area contributed by atoms with Gasteiger partial charge in [-0.25, -0.2) is 9.59 Å². The number of carboxylic acids is 1. The predicted molar refractivity (Wildman–Crippen MR) is 119 cm³/mol. The summed E-state index contributed by atoms with van der Waals surface area (Å²) in [5.41, 5.74) is 5.71. The number of rotatable bonds is 6. The monoisotopic (exact) mass is 436 g/mol. The summed E-state index contributed by atoms with van der Waals surface area (Å²) in [6.07, 6.45) is 1.18. The fourth-order valence-corrected chi connectivity index (χ4v) is 4.65. The van der Waals surface area contributed by atoms with Gasteiger partial charge in [-0.3, -0.25) is 4.79 Å². The molecule has 1 heterocycles. The van der Waals surface area contributed by atoms with Gasteiger partial charge in [-0.1, -0.05) is 56.3 Å². The topological polar surface area (TPSA) is 95.9 Å². The molecule has 0 saturated carbocycles. The maximum Gasteiger partial charge on any atom is 0.408 e. The van der Waals surface area contributed by atoms with Crippen LogP contribution in [0.15, 0.2) is 42.5 Å². The molecule has 2 N–H and O–H groups in total. The van der Waals surface area contributed by atoms with Crippen LogP contribution in [0.5, 0.6) is 0 Å². The lowest BCUT2D eigenvalue weighted by Gasteiger charge is -2.29. The highest BCUT2D eigenvalue weighted by molar-refractivity contribution is 5.90. The molecule has 1 saturated heterocycles. The first-order chi connectivity index (χ1) is 15.4. The van der Waals surface area contributed by atoms with Crippen LogP contribution < -0.4 is 5.32 Å². The quantitative estimate of drug-likeness (QED) is 0.616. The Balaban J connectivity index is 1.41. The van der Waals surface area contributed by atoms with Gasteiger partial charge in [0.2, 0.25) is 5.91 Å². The van der Waals surface area contributed by atoms with E-state index in [1.807, 2.05) is 38.1 Å². The van der Waals surface area contributed by atoms with E-state index >= 15 is 0 Å². The summed E-state index contributed by atoms with van der Waals surface area (Å²) >= 11 is 0. The Morgan fingerprint density at radius 2 is 1.88 bits per heavy atom. The van der Waals surface area contributed by atoms with Crippen molar-refractivity contribution in [3.63, 3.8) is 0 Å². The van der Waals surface area contributed by atoms with Crippen LogP contribution in [0.3, 0.4) is 0 Å². The Morgan fingerprint density at radius 3 is 2.62 bits per heavy atom. The van der Waals surface area contributed by atoms with Gasteiger partial charge in [0.25, 0.3) is 0 Å². The zero-order valence-electron chi connectivity index (χ0n) is 18.3. The highest BCUT2D eigenvalue weighted by Gasteiger charge is 2.38. The summed E-state index contributed by atoms with van der Waals surface area (Å²) in [7, 11) is 0. The number of amides is 2. The van der Waals surface area contributed by atoms with E-state index in [1.165, 1.54) is 16.0 Å². The molecule has 1 aliphatic carbocycles. The summed E-state index contributed by atoms with van der Waals surface area (Å²) in [5, 5.41) is 12.0. The van der Waals surface area contributed by atoms with Crippen molar-refractivity contribution in [2.45, 2.75) is 51.8 Å². The molecule has 7 heteroatoms. The van der Waals surface area contributed by atoms with Crippen molar-refractivity contribution in [1.29, 1.82) is 0 Å². The summed E-state index contributed by atoms with van der Waals surface area (Å²) < 4.78 is 5.48. The van der Waals surface area contributed by atoms with E-state index < -0.39 is 24.1 Å². The lowest BCUT2D eigenvalue weighted by Crippen LogP contribution is -2.53. The molecule has 168 valence electrons. The summed E-state index contributed by atoms with van der Waals surface area (Å²) in [6, 6.07) is 12.5. The smallest absolute Gasteiger partial charge is 0.408 e. The molecule has 2 atom stereocenters. The minimum atomic E-state index is -1.01. The first-order valence-corrected chi connectivity index (χ1v) is 11.0.